The monoisotopic (exact) mass is 87.1 g/mol. The van der Waals surface area contributed by atoms with Crippen LogP contribution in [-0.4, -0.2) is 18.0 Å². The van der Waals surface area contributed by atoms with Crippen LogP contribution in [-0.2, 0) is 0 Å². The fraction of sp³-hybridized carbons (Fsp3) is 1.00. The van der Waals surface area contributed by atoms with E-state index in [4.69, 9.17) is 5.84 Å². The van der Waals surface area contributed by atoms with Gasteiger partial charge in [0.2, 0.25) is 0 Å². The van der Waals surface area contributed by atoms with Crippen molar-refractivity contribution in [2.24, 2.45) is 11.0 Å². The first-order valence-corrected chi connectivity index (χ1v) is 1.85. The number of hydrogen-bond donors (Lipinski definition) is 2. The first kappa shape index (κ1) is 3.39. The van der Waals surface area contributed by atoms with Crippen LogP contribution in [0.15, 0.2) is 5.11 Å². The van der Waals surface area contributed by atoms with Crippen molar-refractivity contribution in [1.29, 1.82) is 0 Å². The summed E-state index contributed by atoms with van der Waals surface area (Å²) in [4.78, 5) is 1.24. The van der Waals surface area contributed by atoms with E-state index in [0.29, 0.717) is 0 Å². The molecule has 1 aliphatic rings. The second kappa shape index (κ2) is 1.12. The quantitative estimate of drug-likeness (QED) is 0.289. The zero-order valence-electron chi connectivity index (χ0n) is 3.39. The molecule has 0 unspecified atom stereocenters. The fourth-order valence-electron chi connectivity index (χ4n) is 0.372. The largest absolute Gasteiger partial charge is 0.157 e. The lowest BCUT2D eigenvalue weighted by Gasteiger charge is -1.75. The molecule has 34 valence electrons. The molecule has 3 N–H and O–H groups in total. The summed E-state index contributed by atoms with van der Waals surface area (Å²) in [5, 5.41) is 3.74. The molecule has 0 aromatic carbocycles. The highest BCUT2D eigenvalue weighted by atomic mass is 15.7. The van der Waals surface area contributed by atoms with Crippen LogP contribution in [0.25, 0.3) is 0 Å². The van der Waals surface area contributed by atoms with Gasteiger partial charge in [0.05, 0.1) is 0 Å². The van der Waals surface area contributed by atoms with Crippen LogP contribution < -0.4 is 11.3 Å². The molecule has 0 aliphatic carbocycles. The van der Waals surface area contributed by atoms with E-state index in [1.54, 1.807) is 0 Å². The zero-order chi connectivity index (χ0) is 4.41. The summed E-state index contributed by atoms with van der Waals surface area (Å²) in [6.45, 7) is 1.67. The van der Waals surface area contributed by atoms with Crippen molar-refractivity contribution in [1.82, 2.24) is 5.43 Å². The predicted octanol–water partition coefficient (Wildman–Crippen LogP) is -1.16. The minimum absolute atomic E-state index is 0.802. The predicted molar refractivity (Wildman–Crippen MR) is 19.7 cm³/mol. The number of nitrogens with zero attached hydrogens (tertiary/aromatic N) is 2. The van der Waals surface area contributed by atoms with Crippen LogP contribution in [0.3, 0.4) is 0 Å². The lowest BCUT2D eigenvalue weighted by Crippen LogP contribution is -2.28. The molecule has 0 aromatic heterocycles. The number of hydrogen-bond acceptors (Lipinski definition) is 3. The Kier molecular flexibility index (Phi) is 0.633. The summed E-state index contributed by atoms with van der Waals surface area (Å²) in [6.07, 6.45) is 0. The van der Waals surface area contributed by atoms with Gasteiger partial charge in [-0.1, -0.05) is 0 Å². The lowest BCUT2D eigenvalue weighted by molar-refractivity contribution is -0.646. The third-order valence-corrected chi connectivity index (χ3v) is 0.638. The highest BCUT2D eigenvalue weighted by molar-refractivity contribution is 4.36. The fourth-order valence-corrected chi connectivity index (χ4v) is 0.372. The third kappa shape index (κ3) is 0.403. The minimum Gasteiger partial charge on any atom is -0.157 e. The summed E-state index contributed by atoms with van der Waals surface area (Å²) in [5.41, 5.74) is 2.76. The molecule has 0 spiro atoms. The minimum atomic E-state index is 0.802. The average Bonchev–Trinajstić information content (AvgIpc) is 1.86. The van der Waals surface area contributed by atoms with Gasteiger partial charge in [-0.15, -0.1) is 5.43 Å². The Labute approximate surface area is 35.6 Å². The van der Waals surface area contributed by atoms with Crippen LogP contribution in [0.5, 0.6) is 0 Å². The second-order valence-electron chi connectivity index (χ2n) is 1.12. The Balaban J connectivity index is 2.45. The van der Waals surface area contributed by atoms with E-state index in [9.17, 15) is 0 Å². The van der Waals surface area contributed by atoms with E-state index in [2.05, 4.69) is 10.5 Å². The summed E-state index contributed by atoms with van der Waals surface area (Å²) in [7, 11) is 0. The molecule has 0 radical (unpaired) electrons. The van der Waals surface area contributed by atoms with Gasteiger partial charge < -0.3 is 0 Å². The molecule has 0 saturated heterocycles. The van der Waals surface area contributed by atoms with Gasteiger partial charge in [0, 0.05) is 5.11 Å². The third-order valence-electron chi connectivity index (χ3n) is 0.638. The molecule has 0 fully saturated rings. The number of rotatable bonds is 0. The molecule has 6 heavy (non-hydrogen) atoms. The summed E-state index contributed by atoms with van der Waals surface area (Å²) < 4.78 is 0. The van der Waals surface area contributed by atoms with Crippen LogP contribution in [0.1, 0.15) is 0 Å². The van der Waals surface area contributed by atoms with Crippen molar-refractivity contribution in [3.8, 4) is 0 Å². The van der Waals surface area contributed by atoms with Crippen LogP contribution >= 0.6 is 0 Å². The summed E-state index contributed by atoms with van der Waals surface area (Å²) >= 11 is 0. The maximum atomic E-state index is 5.09. The maximum absolute atomic E-state index is 5.09. The van der Waals surface area contributed by atoms with Gasteiger partial charge in [-0.05, 0) is 0 Å². The highest BCUT2D eigenvalue weighted by Crippen LogP contribution is 1.73. The van der Waals surface area contributed by atoms with E-state index < -0.39 is 0 Å². The highest BCUT2D eigenvalue weighted by Gasteiger charge is 2.03. The molecule has 1 aliphatic heterocycles. The Hall–Kier alpha value is -0.800. The summed E-state index contributed by atoms with van der Waals surface area (Å²) in [6, 6.07) is 0. The van der Waals surface area contributed by atoms with Gasteiger partial charge in [-0.2, -0.15) is 5.84 Å². The van der Waals surface area contributed by atoms with Gasteiger partial charge >= 0.3 is 0 Å². The van der Waals surface area contributed by atoms with Crippen LogP contribution in [0.4, 0.5) is 0 Å². The van der Waals surface area contributed by atoms with E-state index in [1.165, 1.54) is 4.92 Å². The molecule has 1 rings (SSSR count). The Bertz CT molecular complexity index is 75.6. The molecular formula is C2H7N4+. The molecule has 1 heterocycles. The molecule has 0 bridgehead atoms. The smallest absolute Gasteiger partial charge is 0.131 e. The first-order valence-electron chi connectivity index (χ1n) is 1.85. The van der Waals surface area contributed by atoms with E-state index in [1.807, 2.05) is 0 Å². The van der Waals surface area contributed by atoms with Crippen LogP contribution in [0, 0.1) is 0 Å². The Morgan fingerprint density at radius 3 is 2.83 bits per heavy atom. The van der Waals surface area contributed by atoms with E-state index in [-0.39, 0.29) is 0 Å². The standard InChI is InChI=1S/C2H7N4/c3-6-4-1-2-5-6/h1-2H2,(H3,3,4,5)/q+1. The van der Waals surface area contributed by atoms with Crippen LogP contribution in [0.2, 0.25) is 0 Å². The SMILES string of the molecule is N[N+]1=NCCN1. The van der Waals surface area contributed by atoms with Gasteiger partial charge in [-0.3, -0.25) is 0 Å². The molecule has 0 amide bonds. The topological polar surface area (TPSA) is 53.4 Å². The number of hydrazine groups is 2. The van der Waals surface area contributed by atoms with Crippen molar-refractivity contribution in [2.75, 3.05) is 13.1 Å². The van der Waals surface area contributed by atoms with Crippen molar-refractivity contribution in [2.45, 2.75) is 0 Å². The maximum Gasteiger partial charge on any atom is 0.131 e. The van der Waals surface area contributed by atoms with E-state index in [0.717, 1.165) is 13.1 Å². The van der Waals surface area contributed by atoms with Crippen molar-refractivity contribution in [3.05, 3.63) is 0 Å². The van der Waals surface area contributed by atoms with Gasteiger partial charge in [-0.25, -0.2) is 0 Å². The normalized spacial score (nSPS) is 19.7. The Morgan fingerprint density at radius 2 is 2.67 bits per heavy atom. The Morgan fingerprint density at radius 1 is 1.83 bits per heavy atom. The molecular weight excluding hydrogens is 80.0 g/mol. The lowest BCUT2D eigenvalue weighted by atomic mass is 10.7. The molecule has 0 atom stereocenters. The van der Waals surface area contributed by atoms with Gasteiger partial charge in [0.15, 0.2) is 0 Å². The molecule has 0 saturated carbocycles. The van der Waals surface area contributed by atoms with Crippen molar-refractivity contribution >= 4 is 0 Å². The summed E-state index contributed by atoms with van der Waals surface area (Å²) in [5.74, 6) is 5.09. The van der Waals surface area contributed by atoms with Gasteiger partial charge in [0.25, 0.3) is 0 Å². The molecule has 0 aromatic rings. The number of nitrogens with one attached hydrogen (secondary N) is 1. The van der Waals surface area contributed by atoms with Gasteiger partial charge in [0.1, 0.15) is 18.0 Å². The van der Waals surface area contributed by atoms with Crippen molar-refractivity contribution in [3.63, 3.8) is 0 Å². The molecule has 4 nitrogen and oxygen atoms in total. The average molecular weight is 87.1 g/mol. The zero-order valence-corrected chi connectivity index (χ0v) is 3.39. The molecule has 4 heteroatoms. The number of nitrogens with two attached hydrogens (primary N) is 1. The van der Waals surface area contributed by atoms with Crippen molar-refractivity contribution < 1.29 is 4.92 Å². The first-order chi connectivity index (χ1) is 2.89. The second-order valence-corrected chi connectivity index (χ2v) is 1.12. The van der Waals surface area contributed by atoms with E-state index >= 15 is 0 Å².